The van der Waals surface area contributed by atoms with Gasteiger partial charge in [0, 0.05) is 5.69 Å². The van der Waals surface area contributed by atoms with Gasteiger partial charge in [-0.25, -0.2) is 4.39 Å². The van der Waals surface area contributed by atoms with Crippen molar-refractivity contribution >= 4 is 17.1 Å². The van der Waals surface area contributed by atoms with E-state index in [1.165, 1.54) is 17.7 Å². The van der Waals surface area contributed by atoms with E-state index in [0.29, 0.717) is 5.69 Å². The molecule has 0 aliphatic carbocycles. The van der Waals surface area contributed by atoms with E-state index in [1.54, 1.807) is 6.07 Å². The van der Waals surface area contributed by atoms with Crippen molar-refractivity contribution in [2.24, 2.45) is 0 Å². The minimum Gasteiger partial charge on any atom is -0.397 e. The lowest BCUT2D eigenvalue weighted by Gasteiger charge is -2.10. The first-order chi connectivity index (χ1) is 8.69. The molecule has 0 spiro atoms. The molecule has 3 N–H and O–H groups in total. The van der Waals surface area contributed by atoms with Gasteiger partial charge < -0.3 is 11.1 Å². The van der Waals surface area contributed by atoms with Gasteiger partial charge in [0.15, 0.2) is 0 Å². The van der Waals surface area contributed by atoms with Crippen LogP contribution in [-0.2, 0) is 6.42 Å². The summed E-state index contributed by atoms with van der Waals surface area (Å²) in [5.74, 6) is -0.323. The molecule has 0 saturated heterocycles. The van der Waals surface area contributed by atoms with Gasteiger partial charge in [-0.15, -0.1) is 0 Å². The molecule has 0 amide bonds. The first-order valence-electron chi connectivity index (χ1n) is 6.10. The second-order valence-corrected chi connectivity index (χ2v) is 4.30. The van der Waals surface area contributed by atoms with Crippen LogP contribution in [0.1, 0.15) is 18.9 Å². The lowest BCUT2D eigenvalue weighted by molar-refractivity contribution is 0.628. The standard InChI is InChI=1S/C15H17FN2/c1-2-3-11-4-7-13(8-5-11)18-15-9-6-12(16)10-14(15)17/h4-10,18H,2-3,17H2,1H3. The van der Waals surface area contributed by atoms with E-state index < -0.39 is 0 Å². The summed E-state index contributed by atoms with van der Waals surface area (Å²) in [6, 6.07) is 12.5. The molecule has 18 heavy (non-hydrogen) atoms. The molecule has 0 fully saturated rings. The summed E-state index contributed by atoms with van der Waals surface area (Å²) in [4.78, 5) is 0. The third-order valence-electron chi connectivity index (χ3n) is 2.79. The van der Waals surface area contributed by atoms with E-state index in [9.17, 15) is 4.39 Å². The molecule has 0 bridgehead atoms. The number of aryl methyl sites for hydroxylation is 1. The summed E-state index contributed by atoms with van der Waals surface area (Å²) in [6.45, 7) is 2.16. The number of nitrogens with two attached hydrogens (primary N) is 1. The molecule has 0 radical (unpaired) electrons. The Labute approximate surface area is 107 Å². The number of hydrogen-bond acceptors (Lipinski definition) is 2. The summed E-state index contributed by atoms with van der Waals surface area (Å²) >= 11 is 0. The van der Waals surface area contributed by atoms with E-state index in [1.807, 2.05) is 12.1 Å². The molecule has 2 aromatic rings. The molecule has 2 rings (SSSR count). The highest BCUT2D eigenvalue weighted by atomic mass is 19.1. The topological polar surface area (TPSA) is 38.0 Å². The number of anilines is 3. The maximum Gasteiger partial charge on any atom is 0.125 e. The number of hydrogen-bond donors (Lipinski definition) is 2. The van der Waals surface area contributed by atoms with Crippen LogP contribution in [0.4, 0.5) is 21.5 Å². The quantitative estimate of drug-likeness (QED) is 0.794. The average Bonchev–Trinajstić information content (AvgIpc) is 2.35. The zero-order valence-corrected chi connectivity index (χ0v) is 10.4. The van der Waals surface area contributed by atoms with Crippen LogP contribution in [0.3, 0.4) is 0 Å². The van der Waals surface area contributed by atoms with Gasteiger partial charge in [0.25, 0.3) is 0 Å². The largest absolute Gasteiger partial charge is 0.397 e. The number of benzene rings is 2. The van der Waals surface area contributed by atoms with Crippen molar-refractivity contribution in [1.82, 2.24) is 0 Å². The highest BCUT2D eigenvalue weighted by Crippen LogP contribution is 2.24. The molecular weight excluding hydrogens is 227 g/mol. The van der Waals surface area contributed by atoms with Crippen LogP contribution in [0.2, 0.25) is 0 Å². The van der Waals surface area contributed by atoms with E-state index in [4.69, 9.17) is 5.73 Å². The lowest BCUT2D eigenvalue weighted by Crippen LogP contribution is -1.97. The Kier molecular flexibility index (Phi) is 3.82. The summed E-state index contributed by atoms with van der Waals surface area (Å²) in [7, 11) is 0. The maximum absolute atomic E-state index is 12.9. The van der Waals surface area contributed by atoms with Crippen LogP contribution in [-0.4, -0.2) is 0 Å². The molecule has 2 nitrogen and oxygen atoms in total. The zero-order valence-electron chi connectivity index (χ0n) is 10.4. The SMILES string of the molecule is CCCc1ccc(Nc2ccc(F)cc2N)cc1. The third-order valence-corrected chi connectivity index (χ3v) is 2.79. The molecule has 2 aromatic carbocycles. The second kappa shape index (κ2) is 5.54. The van der Waals surface area contributed by atoms with Gasteiger partial charge in [-0.1, -0.05) is 25.5 Å². The smallest absolute Gasteiger partial charge is 0.125 e. The Morgan fingerprint density at radius 1 is 1.11 bits per heavy atom. The van der Waals surface area contributed by atoms with Crippen molar-refractivity contribution < 1.29 is 4.39 Å². The van der Waals surface area contributed by atoms with E-state index in [2.05, 4.69) is 24.4 Å². The zero-order chi connectivity index (χ0) is 13.0. The Morgan fingerprint density at radius 2 is 1.83 bits per heavy atom. The predicted octanol–water partition coefficient (Wildman–Crippen LogP) is 4.10. The summed E-state index contributed by atoms with van der Waals surface area (Å²) in [5.41, 5.74) is 9.14. The van der Waals surface area contributed by atoms with Gasteiger partial charge in [-0.05, 0) is 42.3 Å². The van der Waals surface area contributed by atoms with Crippen LogP contribution < -0.4 is 11.1 Å². The van der Waals surface area contributed by atoms with Crippen molar-refractivity contribution in [3.63, 3.8) is 0 Å². The first-order valence-corrected chi connectivity index (χ1v) is 6.10. The van der Waals surface area contributed by atoms with Crippen molar-refractivity contribution in [3.8, 4) is 0 Å². The number of rotatable bonds is 4. The Balaban J connectivity index is 2.13. The maximum atomic E-state index is 12.9. The van der Waals surface area contributed by atoms with Gasteiger partial charge in [0.2, 0.25) is 0 Å². The Bertz CT molecular complexity index is 521. The van der Waals surface area contributed by atoms with Gasteiger partial charge in [-0.3, -0.25) is 0 Å². The molecule has 94 valence electrons. The molecule has 0 aliphatic heterocycles. The van der Waals surface area contributed by atoms with Crippen molar-refractivity contribution in [1.29, 1.82) is 0 Å². The van der Waals surface area contributed by atoms with E-state index in [-0.39, 0.29) is 5.82 Å². The van der Waals surface area contributed by atoms with Crippen molar-refractivity contribution in [3.05, 3.63) is 53.8 Å². The summed E-state index contributed by atoms with van der Waals surface area (Å²) < 4.78 is 12.9. The third kappa shape index (κ3) is 3.00. The number of halogens is 1. The fraction of sp³-hybridized carbons (Fsp3) is 0.200. The monoisotopic (exact) mass is 244 g/mol. The molecule has 0 unspecified atom stereocenters. The highest BCUT2D eigenvalue weighted by molar-refractivity contribution is 5.72. The average molecular weight is 244 g/mol. The summed E-state index contributed by atoms with van der Waals surface area (Å²) in [6.07, 6.45) is 2.22. The normalized spacial score (nSPS) is 10.3. The molecular formula is C15H17FN2. The van der Waals surface area contributed by atoms with Crippen LogP contribution in [0.25, 0.3) is 0 Å². The molecule has 0 saturated carbocycles. The van der Waals surface area contributed by atoms with Crippen LogP contribution in [0.15, 0.2) is 42.5 Å². The van der Waals surface area contributed by atoms with Gasteiger partial charge >= 0.3 is 0 Å². The van der Waals surface area contributed by atoms with Crippen molar-refractivity contribution in [2.75, 3.05) is 11.1 Å². The molecule has 0 heterocycles. The Hall–Kier alpha value is -2.03. The fourth-order valence-corrected chi connectivity index (χ4v) is 1.85. The second-order valence-electron chi connectivity index (χ2n) is 4.30. The minimum atomic E-state index is -0.323. The van der Waals surface area contributed by atoms with Crippen LogP contribution >= 0.6 is 0 Å². The Morgan fingerprint density at radius 3 is 2.44 bits per heavy atom. The van der Waals surface area contributed by atoms with Crippen molar-refractivity contribution in [2.45, 2.75) is 19.8 Å². The van der Waals surface area contributed by atoms with E-state index >= 15 is 0 Å². The first kappa shape index (κ1) is 12.4. The predicted molar refractivity (Wildman–Crippen MR) is 74.5 cm³/mol. The highest BCUT2D eigenvalue weighted by Gasteiger charge is 2.01. The number of nitrogens with one attached hydrogen (secondary N) is 1. The molecule has 0 aliphatic rings. The van der Waals surface area contributed by atoms with Gasteiger partial charge in [-0.2, -0.15) is 0 Å². The van der Waals surface area contributed by atoms with E-state index in [0.717, 1.165) is 24.2 Å². The van der Waals surface area contributed by atoms with Gasteiger partial charge in [0.05, 0.1) is 11.4 Å². The number of nitrogen functional groups attached to an aromatic ring is 1. The molecule has 0 aromatic heterocycles. The minimum absolute atomic E-state index is 0.323. The van der Waals surface area contributed by atoms with Crippen LogP contribution in [0.5, 0.6) is 0 Å². The fourth-order valence-electron chi connectivity index (χ4n) is 1.85. The molecule has 3 heteroatoms. The summed E-state index contributed by atoms with van der Waals surface area (Å²) in [5, 5.41) is 3.18. The lowest BCUT2D eigenvalue weighted by atomic mass is 10.1. The van der Waals surface area contributed by atoms with Crippen LogP contribution in [0, 0.1) is 5.82 Å². The van der Waals surface area contributed by atoms with Gasteiger partial charge in [0.1, 0.15) is 5.82 Å². The molecule has 0 atom stereocenters.